The summed E-state index contributed by atoms with van der Waals surface area (Å²) in [6, 6.07) is 4.75. The summed E-state index contributed by atoms with van der Waals surface area (Å²) in [6.45, 7) is 3.56. The highest BCUT2D eigenvalue weighted by atomic mass is 19.1. The van der Waals surface area contributed by atoms with E-state index in [0.29, 0.717) is 32.1 Å². The molecule has 2 aromatic rings. The summed E-state index contributed by atoms with van der Waals surface area (Å²) in [7, 11) is 0. The van der Waals surface area contributed by atoms with Crippen LogP contribution >= 0.6 is 0 Å². The molecule has 0 spiro atoms. The number of hydrogen-bond acceptors (Lipinski definition) is 5. The predicted molar refractivity (Wildman–Crippen MR) is 99.8 cm³/mol. The van der Waals surface area contributed by atoms with E-state index in [1.54, 1.807) is 23.4 Å². The molecule has 1 aromatic carbocycles. The Kier molecular flexibility index (Phi) is 6.13. The van der Waals surface area contributed by atoms with Gasteiger partial charge in [0.25, 0.3) is 0 Å². The first kappa shape index (κ1) is 19.7. The molecular weight excluding hydrogens is 368 g/mol. The summed E-state index contributed by atoms with van der Waals surface area (Å²) in [5, 5.41) is 0. The van der Waals surface area contributed by atoms with E-state index in [0.717, 1.165) is 17.0 Å². The van der Waals surface area contributed by atoms with Gasteiger partial charge in [0.15, 0.2) is 0 Å². The van der Waals surface area contributed by atoms with Crippen molar-refractivity contribution in [2.45, 2.75) is 13.3 Å². The fourth-order valence-corrected chi connectivity index (χ4v) is 3.12. The van der Waals surface area contributed by atoms with E-state index in [-0.39, 0.29) is 24.6 Å². The lowest BCUT2D eigenvalue weighted by atomic mass is 10.2. The van der Waals surface area contributed by atoms with Crippen molar-refractivity contribution in [3.8, 4) is 0 Å². The molecule has 0 bridgehead atoms. The van der Waals surface area contributed by atoms with Crippen LogP contribution in [0.15, 0.2) is 36.7 Å². The van der Waals surface area contributed by atoms with E-state index in [9.17, 15) is 18.4 Å². The molecule has 3 rings (SSSR count). The van der Waals surface area contributed by atoms with Crippen molar-refractivity contribution in [2.75, 3.05) is 42.5 Å². The second-order valence-corrected chi connectivity index (χ2v) is 6.43. The molecular formula is C19H21F2N5O2. The topological polar surface area (TPSA) is 69.6 Å². The molecule has 0 N–H and O–H groups in total. The quantitative estimate of drug-likeness (QED) is 0.781. The van der Waals surface area contributed by atoms with Crippen LogP contribution in [0.1, 0.15) is 13.3 Å². The summed E-state index contributed by atoms with van der Waals surface area (Å²) in [5.74, 6) is -1.46. The van der Waals surface area contributed by atoms with E-state index < -0.39 is 17.5 Å². The normalized spacial score (nSPS) is 14.1. The number of aromatic nitrogens is 2. The van der Waals surface area contributed by atoms with Gasteiger partial charge in [0, 0.05) is 64.5 Å². The van der Waals surface area contributed by atoms with Crippen LogP contribution in [0.5, 0.6) is 0 Å². The molecule has 0 unspecified atom stereocenters. The average Bonchev–Trinajstić information content (AvgIpc) is 2.70. The third-order valence-corrected chi connectivity index (χ3v) is 4.60. The lowest BCUT2D eigenvalue weighted by molar-refractivity contribution is -0.131. The number of carbonyl (C=O) groups is 2. The van der Waals surface area contributed by atoms with Crippen molar-refractivity contribution in [3.63, 3.8) is 0 Å². The highest BCUT2D eigenvalue weighted by Gasteiger charge is 2.24. The molecule has 1 aromatic heterocycles. The van der Waals surface area contributed by atoms with Gasteiger partial charge >= 0.3 is 0 Å². The molecule has 2 amide bonds. The van der Waals surface area contributed by atoms with E-state index >= 15 is 0 Å². The number of piperazine rings is 1. The monoisotopic (exact) mass is 389 g/mol. The number of nitrogens with zero attached hydrogens (tertiary/aromatic N) is 5. The number of hydrogen-bond donors (Lipinski definition) is 0. The summed E-state index contributed by atoms with van der Waals surface area (Å²) in [4.78, 5) is 37.7. The third-order valence-electron chi connectivity index (χ3n) is 4.60. The molecule has 1 fully saturated rings. The molecule has 28 heavy (non-hydrogen) atoms. The van der Waals surface area contributed by atoms with Crippen molar-refractivity contribution in [2.24, 2.45) is 0 Å². The molecule has 0 radical (unpaired) electrons. The Morgan fingerprint density at radius 3 is 2.39 bits per heavy atom. The Morgan fingerprint density at radius 1 is 1.11 bits per heavy atom. The van der Waals surface area contributed by atoms with Gasteiger partial charge in [-0.05, 0) is 18.2 Å². The van der Waals surface area contributed by atoms with Crippen molar-refractivity contribution < 1.29 is 18.4 Å². The maximum Gasteiger partial charge on any atom is 0.225 e. The molecule has 0 atom stereocenters. The molecule has 9 heteroatoms. The minimum atomic E-state index is -0.834. The number of halogens is 2. The van der Waals surface area contributed by atoms with Gasteiger partial charge in [-0.2, -0.15) is 0 Å². The van der Waals surface area contributed by atoms with Crippen molar-refractivity contribution in [3.05, 3.63) is 48.3 Å². The number of rotatable bonds is 5. The van der Waals surface area contributed by atoms with Crippen LogP contribution < -0.4 is 9.80 Å². The SMILES string of the molecule is CC(=O)N(CCC(=O)N1CCN(c2ncccn2)CC1)c1ccc(F)cc1F. The van der Waals surface area contributed by atoms with Crippen molar-refractivity contribution in [1.82, 2.24) is 14.9 Å². The number of anilines is 2. The Balaban J connectivity index is 1.56. The zero-order chi connectivity index (χ0) is 20.1. The highest BCUT2D eigenvalue weighted by Crippen LogP contribution is 2.21. The standard InChI is InChI=1S/C19H21F2N5O2/c1-14(27)26(17-4-3-15(20)13-16(17)21)8-5-18(28)24-9-11-25(12-10-24)19-22-6-2-7-23-19/h2-4,6-7,13H,5,8-12H2,1H3. The van der Waals surface area contributed by atoms with Crippen molar-refractivity contribution >= 4 is 23.5 Å². The largest absolute Gasteiger partial charge is 0.339 e. The maximum absolute atomic E-state index is 14.0. The third kappa shape index (κ3) is 4.59. The average molecular weight is 389 g/mol. The zero-order valence-corrected chi connectivity index (χ0v) is 15.5. The molecule has 0 aliphatic carbocycles. The summed E-state index contributed by atoms with van der Waals surface area (Å²) in [5.41, 5.74) is -0.0345. The summed E-state index contributed by atoms with van der Waals surface area (Å²) >= 11 is 0. The number of carbonyl (C=O) groups excluding carboxylic acids is 2. The second-order valence-electron chi connectivity index (χ2n) is 6.43. The Hall–Kier alpha value is -3.10. The van der Waals surface area contributed by atoms with Gasteiger partial charge in [-0.15, -0.1) is 0 Å². The fourth-order valence-electron chi connectivity index (χ4n) is 3.12. The molecule has 1 aliphatic heterocycles. The van der Waals surface area contributed by atoms with Gasteiger partial charge in [-0.1, -0.05) is 0 Å². The molecule has 1 aliphatic rings. The van der Waals surface area contributed by atoms with E-state index in [4.69, 9.17) is 0 Å². The van der Waals surface area contributed by atoms with Crippen LogP contribution in [0, 0.1) is 11.6 Å². The van der Waals surface area contributed by atoms with Crippen LogP contribution in [0.2, 0.25) is 0 Å². The summed E-state index contributed by atoms with van der Waals surface area (Å²) < 4.78 is 27.1. The Morgan fingerprint density at radius 2 is 1.79 bits per heavy atom. The number of benzene rings is 1. The fraction of sp³-hybridized carbons (Fsp3) is 0.368. The Bertz CT molecular complexity index is 841. The predicted octanol–water partition coefficient (Wildman–Crippen LogP) is 1.85. The molecule has 148 valence electrons. The van der Waals surface area contributed by atoms with Crippen LogP contribution in [0.25, 0.3) is 0 Å². The molecule has 2 heterocycles. The number of amides is 2. The smallest absolute Gasteiger partial charge is 0.225 e. The molecule has 7 nitrogen and oxygen atoms in total. The minimum absolute atomic E-state index is 0.0265. The van der Waals surface area contributed by atoms with Crippen LogP contribution in [-0.2, 0) is 9.59 Å². The molecule has 1 saturated heterocycles. The van der Waals surface area contributed by atoms with Gasteiger partial charge < -0.3 is 14.7 Å². The highest BCUT2D eigenvalue weighted by molar-refractivity contribution is 5.92. The maximum atomic E-state index is 14.0. The van der Waals surface area contributed by atoms with E-state index in [1.165, 1.54) is 13.0 Å². The van der Waals surface area contributed by atoms with Gasteiger partial charge in [0.1, 0.15) is 11.6 Å². The first-order chi connectivity index (χ1) is 13.5. The first-order valence-electron chi connectivity index (χ1n) is 8.98. The zero-order valence-electron chi connectivity index (χ0n) is 15.5. The van der Waals surface area contributed by atoms with Crippen LogP contribution in [0.3, 0.4) is 0 Å². The lowest BCUT2D eigenvalue weighted by Crippen LogP contribution is -2.49. The van der Waals surface area contributed by atoms with E-state index in [1.807, 2.05) is 4.90 Å². The van der Waals surface area contributed by atoms with E-state index in [2.05, 4.69) is 9.97 Å². The summed E-state index contributed by atoms with van der Waals surface area (Å²) in [6.07, 6.45) is 3.40. The Labute approximate surface area is 161 Å². The van der Waals surface area contributed by atoms with Gasteiger partial charge in [0.2, 0.25) is 17.8 Å². The lowest BCUT2D eigenvalue weighted by Gasteiger charge is -2.35. The van der Waals surface area contributed by atoms with Crippen LogP contribution in [0.4, 0.5) is 20.4 Å². The molecule has 0 saturated carbocycles. The van der Waals surface area contributed by atoms with Gasteiger partial charge in [0.05, 0.1) is 5.69 Å². The minimum Gasteiger partial charge on any atom is -0.339 e. The van der Waals surface area contributed by atoms with Gasteiger partial charge in [-0.25, -0.2) is 18.7 Å². The van der Waals surface area contributed by atoms with Crippen molar-refractivity contribution in [1.29, 1.82) is 0 Å². The van der Waals surface area contributed by atoms with Gasteiger partial charge in [-0.3, -0.25) is 9.59 Å². The first-order valence-corrected chi connectivity index (χ1v) is 8.98. The van der Waals surface area contributed by atoms with Crippen LogP contribution in [-0.4, -0.2) is 59.4 Å². The second kappa shape index (κ2) is 8.73.